The summed E-state index contributed by atoms with van der Waals surface area (Å²) < 4.78 is 1.84. The van der Waals surface area contributed by atoms with Gasteiger partial charge >= 0.3 is 0 Å². The van der Waals surface area contributed by atoms with Crippen LogP contribution in [0.2, 0.25) is 0 Å². The van der Waals surface area contributed by atoms with Crippen LogP contribution >= 0.6 is 0 Å². The van der Waals surface area contributed by atoms with Gasteiger partial charge in [0, 0.05) is 25.0 Å². The molecule has 0 bridgehead atoms. The number of aromatic nitrogens is 2. The van der Waals surface area contributed by atoms with Crippen molar-refractivity contribution in [2.24, 2.45) is 0 Å². The number of hydrogen-bond acceptors (Lipinski definition) is 3. The molecule has 2 N–H and O–H groups in total. The van der Waals surface area contributed by atoms with Gasteiger partial charge in [0.1, 0.15) is 0 Å². The van der Waals surface area contributed by atoms with Crippen LogP contribution in [0, 0.1) is 0 Å². The Morgan fingerprint density at radius 1 is 1.47 bits per heavy atom. The number of nitrogens with zero attached hydrogens (tertiary/aromatic N) is 2. The molecule has 96 valence electrons. The van der Waals surface area contributed by atoms with E-state index < -0.39 is 0 Å². The number of amides is 1. The predicted molar refractivity (Wildman–Crippen MR) is 67.6 cm³/mol. The highest BCUT2D eigenvalue weighted by Gasteiger charge is 2.13. The maximum atomic E-state index is 11.7. The van der Waals surface area contributed by atoms with E-state index in [4.69, 9.17) is 0 Å². The van der Waals surface area contributed by atoms with Crippen molar-refractivity contribution in [2.75, 3.05) is 6.54 Å². The third-order valence-electron chi connectivity index (χ3n) is 2.74. The normalized spacial score (nSPS) is 14.3. The van der Waals surface area contributed by atoms with Crippen LogP contribution in [-0.4, -0.2) is 34.3 Å². The summed E-state index contributed by atoms with van der Waals surface area (Å²) in [5, 5.41) is 10.2. The molecule has 1 amide bonds. The fraction of sp³-hybridized carbons (Fsp3) is 0.667. The minimum atomic E-state index is -0.167. The SMILES string of the molecule is CCC(C)NC(=O)C(C)NCCn1cccn1. The first kappa shape index (κ1) is 13.7. The Bertz CT molecular complexity index is 323. The van der Waals surface area contributed by atoms with E-state index >= 15 is 0 Å². The lowest BCUT2D eigenvalue weighted by Crippen LogP contribution is -2.46. The summed E-state index contributed by atoms with van der Waals surface area (Å²) in [4.78, 5) is 11.7. The number of carbonyl (C=O) groups is 1. The molecular formula is C12H22N4O. The zero-order valence-electron chi connectivity index (χ0n) is 10.8. The second kappa shape index (κ2) is 7.06. The lowest BCUT2D eigenvalue weighted by molar-refractivity contribution is -0.123. The van der Waals surface area contributed by atoms with E-state index in [1.54, 1.807) is 6.20 Å². The average Bonchev–Trinajstić information content (AvgIpc) is 2.81. The van der Waals surface area contributed by atoms with Gasteiger partial charge in [-0.1, -0.05) is 6.92 Å². The van der Waals surface area contributed by atoms with Gasteiger partial charge in [0.05, 0.1) is 12.6 Å². The van der Waals surface area contributed by atoms with Crippen molar-refractivity contribution in [3.05, 3.63) is 18.5 Å². The Hall–Kier alpha value is -1.36. The van der Waals surface area contributed by atoms with Gasteiger partial charge in [-0.25, -0.2) is 0 Å². The zero-order chi connectivity index (χ0) is 12.7. The second-order valence-electron chi connectivity index (χ2n) is 4.26. The Morgan fingerprint density at radius 3 is 2.82 bits per heavy atom. The van der Waals surface area contributed by atoms with Crippen molar-refractivity contribution < 1.29 is 4.79 Å². The Balaban J connectivity index is 2.20. The quantitative estimate of drug-likeness (QED) is 0.738. The van der Waals surface area contributed by atoms with Crippen molar-refractivity contribution in [1.82, 2.24) is 20.4 Å². The first-order valence-electron chi connectivity index (χ1n) is 6.14. The van der Waals surface area contributed by atoms with E-state index in [9.17, 15) is 4.79 Å². The first-order chi connectivity index (χ1) is 8.13. The van der Waals surface area contributed by atoms with Crippen LogP contribution in [-0.2, 0) is 11.3 Å². The number of nitrogens with one attached hydrogen (secondary N) is 2. The zero-order valence-corrected chi connectivity index (χ0v) is 10.8. The molecule has 1 rings (SSSR count). The Labute approximate surface area is 103 Å². The molecule has 2 unspecified atom stereocenters. The molecule has 1 heterocycles. The molecule has 0 aliphatic heterocycles. The summed E-state index contributed by atoms with van der Waals surface area (Å²) >= 11 is 0. The maximum Gasteiger partial charge on any atom is 0.237 e. The Kier molecular flexibility index (Phi) is 5.69. The van der Waals surface area contributed by atoms with Gasteiger partial charge in [-0.3, -0.25) is 9.48 Å². The summed E-state index contributed by atoms with van der Waals surface area (Å²) in [6.45, 7) is 7.45. The number of carbonyl (C=O) groups excluding carboxylic acids is 1. The van der Waals surface area contributed by atoms with Gasteiger partial charge in [0.15, 0.2) is 0 Å². The fourth-order valence-corrected chi connectivity index (χ4v) is 1.39. The largest absolute Gasteiger partial charge is 0.352 e. The van der Waals surface area contributed by atoms with Gasteiger partial charge in [-0.2, -0.15) is 5.10 Å². The van der Waals surface area contributed by atoms with Gasteiger partial charge < -0.3 is 10.6 Å². The van der Waals surface area contributed by atoms with Crippen LogP contribution < -0.4 is 10.6 Å². The maximum absolute atomic E-state index is 11.7. The number of hydrogen-bond donors (Lipinski definition) is 2. The molecule has 5 heteroatoms. The van der Waals surface area contributed by atoms with E-state index in [1.165, 1.54) is 0 Å². The van der Waals surface area contributed by atoms with E-state index in [1.807, 2.05) is 30.8 Å². The van der Waals surface area contributed by atoms with Crippen molar-refractivity contribution in [3.8, 4) is 0 Å². The second-order valence-corrected chi connectivity index (χ2v) is 4.26. The highest BCUT2D eigenvalue weighted by atomic mass is 16.2. The summed E-state index contributed by atoms with van der Waals surface area (Å²) in [7, 11) is 0. The predicted octanol–water partition coefficient (Wildman–Crippen LogP) is 0.776. The molecule has 0 aliphatic rings. The third kappa shape index (κ3) is 4.99. The van der Waals surface area contributed by atoms with Crippen molar-refractivity contribution >= 4 is 5.91 Å². The molecule has 1 aromatic heterocycles. The third-order valence-corrected chi connectivity index (χ3v) is 2.74. The molecule has 0 aliphatic carbocycles. The van der Waals surface area contributed by atoms with Crippen LogP contribution in [0.3, 0.4) is 0 Å². The first-order valence-corrected chi connectivity index (χ1v) is 6.14. The summed E-state index contributed by atoms with van der Waals surface area (Å²) in [5.74, 6) is 0.0554. The van der Waals surface area contributed by atoms with Crippen LogP contribution in [0.5, 0.6) is 0 Å². The highest BCUT2D eigenvalue weighted by Crippen LogP contribution is 1.91. The van der Waals surface area contributed by atoms with Gasteiger partial charge in [-0.15, -0.1) is 0 Å². The monoisotopic (exact) mass is 238 g/mol. The minimum absolute atomic E-state index is 0.0554. The molecule has 0 aromatic carbocycles. The minimum Gasteiger partial charge on any atom is -0.352 e. The van der Waals surface area contributed by atoms with E-state index in [-0.39, 0.29) is 18.0 Å². The molecule has 1 aromatic rings. The molecule has 0 radical (unpaired) electrons. The number of rotatable bonds is 7. The molecule has 2 atom stereocenters. The van der Waals surface area contributed by atoms with Crippen LogP contribution in [0.25, 0.3) is 0 Å². The molecule has 0 saturated heterocycles. The van der Waals surface area contributed by atoms with Crippen molar-refractivity contribution in [1.29, 1.82) is 0 Å². The molecule has 0 spiro atoms. The highest BCUT2D eigenvalue weighted by molar-refractivity contribution is 5.81. The standard InChI is InChI=1S/C12H22N4O/c1-4-10(2)15-12(17)11(3)13-7-9-16-8-5-6-14-16/h5-6,8,10-11,13H,4,7,9H2,1-3H3,(H,15,17). The van der Waals surface area contributed by atoms with Crippen molar-refractivity contribution in [2.45, 2.75) is 45.8 Å². The van der Waals surface area contributed by atoms with Crippen molar-refractivity contribution in [3.63, 3.8) is 0 Å². The van der Waals surface area contributed by atoms with Crippen LogP contribution in [0.1, 0.15) is 27.2 Å². The smallest absolute Gasteiger partial charge is 0.237 e. The van der Waals surface area contributed by atoms with E-state index in [0.717, 1.165) is 19.5 Å². The molecule has 17 heavy (non-hydrogen) atoms. The van der Waals surface area contributed by atoms with Gasteiger partial charge in [0.25, 0.3) is 0 Å². The fourth-order valence-electron chi connectivity index (χ4n) is 1.39. The molecule has 0 fully saturated rings. The van der Waals surface area contributed by atoms with Crippen LogP contribution in [0.4, 0.5) is 0 Å². The summed E-state index contributed by atoms with van der Waals surface area (Å²) in [5.41, 5.74) is 0. The topological polar surface area (TPSA) is 59.0 Å². The lowest BCUT2D eigenvalue weighted by atomic mass is 10.2. The lowest BCUT2D eigenvalue weighted by Gasteiger charge is -2.17. The van der Waals surface area contributed by atoms with E-state index in [0.29, 0.717) is 0 Å². The Morgan fingerprint density at radius 2 is 2.24 bits per heavy atom. The van der Waals surface area contributed by atoms with Gasteiger partial charge in [0.2, 0.25) is 5.91 Å². The van der Waals surface area contributed by atoms with E-state index in [2.05, 4.69) is 22.7 Å². The summed E-state index contributed by atoms with van der Waals surface area (Å²) in [6, 6.07) is 1.96. The molecule has 0 saturated carbocycles. The van der Waals surface area contributed by atoms with Crippen LogP contribution in [0.15, 0.2) is 18.5 Å². The summed E-state index contributed by atoms with van der Waals surface area (Å²) in [6.07, 6.45) is 4.61. The molecular weight excluding hydrogens is 216 g/mol. The van der Waals surface area contributed by atoms with Gasteiger partial charge in [-0.05, 0) is 26.3 Å². The average molecular weight is 238 g/mol. The molecule has 5 nitrogen and oxygen atoms in total.